The number of hydrogen-bond donors (Lipinski definition) is 1. The van der Waals surface area contributed by atoms with Crippen molar-refractivity contribution in [2.24, 2.45) is 5.92 Å². The van der Waals surface area contributed by atoms with Crippen molar-refractivity contribution in [3.63, 3.8) is 0 Å². The van der Waals surface area contributed by atoms with E-state index in [-0.39, 0.29) is 0 Å². The monoisotopic (exact) mass is 167 g/mol. The van der Waals surface area contributed by atoms with Crippen LogP contribution in [0.2, 0.25) is 0 Å². The number of nitrogens with one attached hydrogen (secondary N) is 1. The number of hydrogen-bond acceptors (Lipinski definition) is 1. The highest BCUT2D eigenvalue weighted by Gasteiger charge is 2.37. The minimum atomic E-state index is -4.22. The number of halogens is 3. The van der Waals surface area contributed by atoms with Gasteiger partial charge in [-0.05, 0) is 6.42 Å². The van der Waals surface area contributed by atoms with Crippen LogP contribution in [0.5, 0.6) is 0 Å². The second-order valence-corrected chi connectivity index (χ2v) is 2.60. The Bertz CT molecular complexity index is 166. The zero-order valence-corrected chi connectivity index (χ0v) is 5.74. The van der Waals surface area contributed by atoms with E-state index in [1.807, 2.05) is 0 Å². The lowest BCUT2D eigenvalue weighted by Gasteiger charge is -2.09. The molecule has 0 spiro atoms. The SMILES string of the molecule is O=C1NCC[C@@H]1CC(F)(F)F. The standard InChI is InChI=1S/C6H8F3NO/c7-6(8,9)3-4-1-2-10-5(4)11/h4H,1-3H2,(H,10,11)/t4-/m1/s1. The van der Waals surface area contributed by atoms with Crippen LogP contribution in [0, 0.1) is 5.92 Å². The van der Waals surface area contributed by atoms with Crippen LogP contribution in [0.15, 0.2) is 0 Å². The quantitative estimate of drug-likeness (QED) is 0.622. The average molecular weight is 167 g/mol. The summed E-state index contributed by atoms with van der Waals surface area (Å²) in [6, 6.07) is 0. The highest BCUT2D eigenvalue weighted by Crippen LogP contribution is 2.28. The highest BCUT2D eigenvalue weighted by molar-refractivity contribution is 5.80. The minimum absolute atomic E-state index is 0.304. The first-order valence-corrected chi connectivity index (χ1v) is 3.33. The molecule has 1 aliphatic rings. The lowest BCUT2D eigenvalue weighted by Crippen LogP contribution is -2.23. The predicted octanol–water partition coefficient (Wildman–Crippen LogP) is 1.07. The molecule has 64 valence electrons. The van der Waals surface area contributed by atoms with Crippen molar-refractivity contribution in [1.82, 2.24) is 5.32 Å². The highest BCUT2D eigenvalue weighted by atomic mass is 19.4. The fourth-order valence-electron chi connectivity index (χ4n) is 1.12. The Hall–Kier alpha value is -0.740. The van der Waals surface area contributed by atoms with E-state index in [0.717, 1.165) is 0 Å². The van der Waals surface area contributed by atoms with Crippen molar-refractivity contribution in [3.8, 4) is 0 Å². The molecule has 0 bridgehead atoms. The first-order chi connectivity index (χ1) is 4.99. The summed E-state index contributed by atoms with van der Waals surface area (Å²) in [4.78, 5) is 10.6. The third-order valence-corrected chi connectivity index (χ3v) is 1.64. The van der Waals surface area contributed by atoms with Crippen LogP contribution in [0.25, 0.3) is 0 Å². The molecular weight excluding hydrogens is 159 g/mol. The van der Waals surface area contributed by atoms with E-state index in [0.29, 0.717) is 13.0 Å². The van der Waals surface area contributed by atoms with Gasteiger partial charge in [-0.25, -0.2) is 0 Å². The maximum Gasteiger partial charge on any atom is 0.389 e. The van der Waals surface area contributed by atoms with Gasteiger partial charge in [0.25, 0.3) is 0 Å². The average Bonchev–Trinajstić information content (AvgIpc) is 2.12. The van der Waals surface area contributed by atoms with Crippen LogP contribution >= 0.6 is 0 Å². The van der Waals surface area contributed by atoms with Gasteiger partial charge in [-0.2, -0.15) is 13.2 Å². The molecule has 0 aromatic heterocycles. The van der Waals surface area contributed by atoms with Gasteiger partial charge in [0.1, 0.15) is 0 Å². The molecule has 0 aromatic rings. The number of carbonyl (C=O) groups is 1. The van der Waals surface area contributed by atoms with Crippen LogP contribution < -0.4 is 5.32 Å². The first-order valence-electron chi connectivity index (χ1n) is 3.33. The summed E-state index contributed by atoms with van der Waals surface area (Å²) >= 11 is 0. The molecule has 0 aliphatic carbocycles. The molecule has 1 saturated heterocycles. The molecular formula is C6H8F3NO. The summed E-state index contributed by atoms with van der Waals surface area (Å²) in [5.41, 5.74) is 0. The molecule has 1 heterocycles. The van der Waals surface area contributed by atoms with Crippen molar-refractivity contribution in [2.45, 2.75) is 19.0 Å². The molecule has 1 N–H and O–H groups in total. The predicted molar refractivity (Wildman–Crippen MR) is 31.8 cm³/mol. The summed E-state index contributed by atoms with van der Waals surface area (Å²) in [5, 5.41) is 2.35. The number of amides is 1. The largest absolute Gasteiger partial charge is 0.389 e. The molecule has 0 radical (unpaired) electrons. The van der Waals surface area contributed by atoms with E-state index in [1.54, 1.807) is 0 Å². The summed E-state index contributed by atoms with van der Waals surface area (Å²) in [6.07, 6.45) is -4.90. The summed E-state index contributed by atoms with van der Waals surface area (Å²) in [6.45, 7) is 0.375. The van der Waals surface area contributed by atoms with Crippen molar-refractivity contribution in [2.75, 3.05) is 6.54 Å². The zero-order chi connectivity index (χ0) is 8.48. The van der Waals surface area contributed by atoms with Gasteiger partial charge in [0, 0.05) is 12.5 Å². The second kappa shape index (κ2) is 2.71. The van der Waals surface area contributed by atoms with E-state index in [4.69, 9.17) is 0 Å². The molecule has 1 fully saturated rings. The first kappa shape index (κ1) is 8.36. The smallest absolute Gasteiger partial charge is 0.356 e. The maximum atomic E-state index is 11.7. The molecule has 1 aliphatic heterocycles. The minimum Gasteiger partial charge on any atom is -0.356 e. The van der Waals surface area contributed by atoms with Gasteiger partial charge in [0.15, 0.2) is 0 Å². The van der Waals surface area contributed by atoms with Gasteiger partial charge in [0.05, 0.1) is 6.42 Å². The molecule has 5 heteroatoms. The molecule has 1 atom stereocenters. The van der Waals surface area contributed by atoms with Crippen molar-refractivity contribution >= 4 is 5.91 Å². The lowest BCUT2D eigenvalue weighted by molar-refractivity contribution is -0.151. The molecule has 1 rings (SSSR count). The summed E-state index contributed by atoms with van der Waals surface area (Å²) in [5.74, 6) is -1.32. The molecule has 11 heavy (non-hydrogen) atoms. The van der Waals surface area contributed by atoms with Gasteiger partial charge < -0.3 is 5.32 Å². The Morgan fingerprint density at radius 3 is 2.55 bits per heavy atom. The van der Waals surface area contributed by atoms with Crippen LogP contribution in [0.4, 0.5) is 13.2 Å². The number of carbonyl (C=O) groups excluding carboxylic acids is 1. The molecule has 0 aromatic carbocycles. The fraction of sp³-hybridized carbons (Fsp3) is 0.833. The maximum absolute atomic E-state index is 11.7. The number of rotatable bonds is 1. The fourth-order valence-corrected chi connectivity index (χ4v) is 1.12. The van der Waals surface area contributed by atoms with E-state index < -0.39 is 24.4 Å². The van der Waals surface area contributed by atoms with Gasteiger partial charge in [-0.15, -0.1) is 0 Å². The van der Waals surface area contributed by atoms with E-state index in [2.05, 4.69) is 5.32 Å². The third-order valence-electron chi connectivity index (χ3n) is 1.64. The Balaban J connectivity index is 2.43. The Labute approximate surface area is 61.8 Å². The molecule has 0 saturated carbocycles. The van der Waals surface area contributed by atoms with Crippen LogP contribution in [0.3, 0.4) is 0 Å². The number of alkyl halides is 3. The van der Waals surface area contributed by atoms with E-state index in [1.165, 1.54) is 0 Å². The topological polar surface area (TPSA) is 29.1 Å². The van der Waals surface area contributed by atoms with Crippen molar-refractivity contribution < 1.29 is 18.0 Å². The van der Waals surface area contributed by atoms with Crippen molar-refractivity contribution in [1.29, 1.82) is 0 Å². The van der Waals surface area contributed by atoms with Crippen LogP contribution in [0.1, 0.15) is 12.8 Å². The van der Waals surface area contributed by atoms with Crippen LogP contribution in [-0.2, 0) is 4.79 Å². The Morgan fingerprint density at radius 2 is 2.18 bits per heavy atom. The lowest BCUT2D eigenvalue weighted by atomic mass is 10.0. The zero-order valence-electron chi connectivity index (χ0n) is 5.74. The van der Waals surface area contributed by atoms with Gasteiger partial charge in [-0.3, -0.25) is 4.79 Å². The van der Waals surface area contributed by atoms with Gasteiger partial charge in [-0.1, -0.05) is 0 Å². The van der Waals surface area contributed by atoms with Gasteiger partial charge >= 0.3 is 6.18 Å². The van der Waals surface area contributed by atoms with Crippen LogP contribution in [-0.4, -0.2) is 18.6 Å². The Kier molecular flexibility index (Phi) is 2.06. The molecule has 2 nitrogen and oxygen atoms in total. The Morgan fingerprint density at radius 1 is 1.55 bits per heavy atom. The van der Waals surface area contributed by atoms with E-state index >= 15 is 0 Å². The second-order valence-electron chi connectivity index (χ2n) is 2.60. The van der Waals surface area contributed by atoms with Crippen molar-refractivity contribution in [3.05, 3.63) is 0 Å². The molecule has 1 amide bonds. The van der Waals surface area contributed by atoms with Gasteiger partial charge in [0.2, 0.25) is 5.91 Å². The summed E-state index contributed by atoms with van der Waals surface area (Å²) in [7, 11) is 0. The molecule has 0 unspecified atom stereocenters. The third kappa shape index (κ3) is 2.40. The normalized spacial score (nSPS) is 25.4. The van der Waals surface area contributed by atoms with E-state index in [9.17, 15) is 18.0 Å². The summed E-state index contributed by atoms with van der Waals surface area (Å²) < 4.78 is 35.1.